The summed E-state index contributed by atoms with van der Waals surface area (Å²) in [6.07, 6.45) is 0.351. The number of carbonyl (C=O) groups excluding carboxylic acids is 1. The molecule has 0 fully saturated rings. The Hall–Kier alpha value is -1.62. The number of ketones is 1. The topological polar surface area (TPSA) is 40.9 Å². The van der Waals surface area contributed by atoms with Crippen LogP contribution >= 0.6 is 0 Å². The van der Waals surface area contributed by atoms with Gasteiger partial charge in [-0.15, -0.1) is 0 Å². The molecule has 0 radical (unpaired) electrons. The van der Waals surface area contributed by atoms with Crippen LogP contribution in [0.25, 0.3) is 0 Å². The molecule has 60 valence electrons. The first-order valence-corrected chi connectivity index (χ1v) is 3.71. The molecular weight excluding hydrogens is 150 g/mol. The summed E-state index contributed by atoms with van der Waals surface area (Å²) in [5.74, 6) is 0.0812. The zero-order valence-electron chi connectivity index (χ0n) is 6.87. The van der Waals surface area contributed by atoms with E-state index in [1.807, 2.05) is 12.1 Å². The molecule has 2 nitrogen and oxygen atoms in total. The summed E-state index contributed by atoms with van der Waals surface area (Å²) in [6.45, 7) is 1.52. The van der Waals surface area contributed by atoms with Gasteiger partial charge in [-0.05, 0) is 18.6 Å². The molecule has 1 rings (SSSR count). The molecule has 0 aliphatic rings. The van der Waals surface area contributed by atoms with E-state index in [1.54, 1.807) is 18.2 Å². The SMILES string of the molecule is CC(=O)Cc1ccccc1C#N. The zero-order valence-corrected chi connectivity index (χ0v) is 6.87. The largest absolute Gasteiger partial charge is 0.300 e. The van der Waals surface area contributed by atoms with Gasteiger partial charge in [0.1, 0.15) is 5.78 Å². The summed E-state index contributed by atoms with van der Waals surface area (Å²) in [4.78, 5) is 10.8. The van der Waals surface area contributed by atoms with E-state index in [9.17, 15) is 4.79 Å². The highest BCUT2D eigenvalue weighted by molar-refractivity contribution is 5.78. The van der Waals surface area contributed by atoms with Crippen molar-refractivity contribution in [3.8, 4) is 6.07 Å². The third kappa shape index (κ3) is 1.93. The Morgan fingerprint density at radius 2 is 2.17 bits per heavy atom. The maximum absolute atomic E-state index is 10.8. The van der Waals surface area contributed by atoms with E-state index in [-0.39, 0.29) is 5.78 Å². The Labute approximate surface area is 71.4 Å². The zero-order chi connectivity index (χ0) is 8.97. The summed E-state index contributed by atoms with van der Waals surface area (Å²) in [5.41, 5.74) is 1.40. The lowest BCUT2D eigenvalue weighted by molar-refractivity contribution is -0.116. The minimum atomic E-state index is 0.0812. The lowest BCUT2D eigenvalue weighted by Gasteiger charge is -1.98. The van der Waals surface area contributed by atoms with Crippen LogP contribution in [-0.4, -0.2) is 5.78 Å². The Bertz CT molecular complexity index is 336. The highest BCUT2D eigenvalue weighted by Gasteiger charge is 2.02. The fraction of sp³-hybridized carbons (Fsp3) is 0.200. The van der Waals surface area contributed by atoms with Crippen LogP contribution in [0.1, 0.15) is 18.1 Å². The van der Waals surface area contributed by atoms with Crippen LogP contribution in [0, 0.1) is 11.3 Å². The average Bonchev–Trinajstić information content (AvgIpc) is 2.04. The Kier molecular flexibility index (Phi) is 2.60. The Morgan fingerprint density at radius 1 is 1.50 bits per heavy atom. The molecule has 0 bridgehead atoms. The van der Waals surface area contributed by atoms with Crippen LogP contribution in [-0.2, 0) is 11.2 Å². The number of nitrogens with zero attached hydrogens (tertiary/aromatic N) is 1. The van der Waals surface area contributed by atoms with Gasteiger partial charge in [0.05, 0.1) is 11.6 Å². The van der Waals surface area contributed by atoms with Crippen LogP contribution < -0.4 is 0 Å². The van der Waals surface area contributed by atoms with Gasteiger partial charge in [0, 0.05) is 6.42 Å². The Morgan fingerprint density at radius 3 is 2.75 bits per heavy atom. The molecule has 0 aromatic heterocycles. The van der Waals surface area contributed by atoms with Gasteiger partial charge in [0.2, 0.25) is 0 Å². The van der Waals surface area contributed by atoms with Crippen molar-refractivity contribution in [3.63, 3.8) is 0 Å². The van der Waals surface area contributed by atoms with Crippen LogP contribution in [0.2, 0.25) is 0 Å². The van der Waals surface area contributed by atoms with Crippen molar-refractivity contribution in [1.82, 2.24) is 0 Å². The van der Waals surface area contributed by atoms with E-state index in [0.717, 1.165) is 5.56 Å². The van der Waals surface area contributed by atoms with Gasteiger partial charge in [0.15, 0.2) is 0 Å². The molecule has 0 saturated heterocycles. The van der Waals surface area contributed by atoms with Crippen LogP contribution in [0.15, 0.2) is 24.3 Å². The molecule has 0 heterocycles. The molecule has 0 atom stereocenters. The predicted octanol–water partition coefficient (Wildman–Crippen LogP) is 1.69. The van der Waals surface area contributed by atoms with Gasteiger partial charge < -0.3 is 0 Å². The quantitative estimate of drug-likeness (QED) is 0.658. The summed E-state index contributed by atoms with van der Waals surface area (Å²) in [7, 11) is 0. The van der Waals surface area contributed by atoms with Gasteiger partial charge in [-0.25, -0.2) is 0 Å². The highest BCUT2D eigenvalue weighted by atomic mass is 16.1. The third-order valence-electron chi connectivity index (χ3n) is 1.58. The molecule has 1 aromatic carbocycles. The number of hydrogen-bond donors (Lipinski definition) is 0. The predicted molar refractivity (Wildman–Crippen MR) is 45.5 cm³/mol. The van der Waals surface area contributed by atoms with Crippen molar-refractivity contribution in [2.75, 3.05) is 0 Å². The minimum Gasteiger partial charge on any atom is -0.300 e. The number of Topliss-reactive ketones (excluding diaryl/α,β-unsaturated/α-hetero) is 1. The average molecular weight is 159 g/mol. The Balaban J connectivity index is 2.99. The number of rotatable bonds is 2. The van der Waals surface area contributed by atoms with Crippen molar-refractivity contribution < 1.29 is 4.79 Å². The molecule has 0 spiro atoms. The monoisotopic (exact) mass is 159 g/mol. The standard InChI is InChI=1S/C10H9NO/c1-8(12)6-9-4-2-3-5-10(9)7-11/h2-5H,6H2,1H3. The van der Waals surface area contributed by atoms with E-state index in [4.69, 9.17) is 5.26 Å². The van der Waals surface area contributed by atoms with Crippen LogP contribution in [0.5, 0.6) is 0 Å². The summed E-state index contributed by atoms with van der Waals surface area (Å²) >= 11 is 0. The second kappa shape index (κ2) is 3.68. The van der Waals surface area contributed by atoms with Gasteiger partial charge in [-0.1, -0.05) is 18.2 Å². The second-order valence-corrected chi connectivity index (χ2v) is 2.65. The normalized spacial score (nSPS) is 9.00. The number of carbonyl (C=O) groups is 1. The van der Waals surface area contributed by atoms with Crippen molar-refractivity contribution in [3.05, 3.63) is 35.4 Å². The molecule has 0 N–H and O–H groups in total. The first-order chi connectivity index (χ1) is 5.74. The minimum absolute atomic E-state index is 0.0812. The van der Waals surface area contributed by atoms with E-state index in [0.29, 0.717) is 12.0 Å². The maximum Gasteiger partial charge on any atom is 0.134 e. The van der Waals surface area contributed by atoms with Crippen LogP contribution in [0.3, 0.4) is 0 Å². The van der Waals surface area contributed by atoms with Crippen molar-refractivity contribution in [2.45, 2.75) is 13.3 Å². The third-order valence-corrected chi connectivity index (χ3v) is 1.58. The van der Waals surface area contributed by atoms with Gasteiger partial charge in [-0.2, -0.15) is 5.26 Å². The molecular formula is C10H9NO. The maximum atomic E-state index is 10.8. The fourth-order valence-corrected chi connectivity index (χ4v) is 1.05. The smallest absolute Gasteiger partial charge is 0.134 e. The summed E-state index contributed by atoms with van der Waals surface area (Å²) in [5, 5.41) is 8.67. The van der Waals surface area contributed by atoms with E-state index in [2.05, 4.69) is 0 Å². The van der Waals surface area contributed by atoms with Crippen molar-refractivity contribution in [2.24, 2.45) is 0 Å². The van der Waals surface area contributed by atoms with Gasteiger partial charge in [-0.3, -0.25) is 4.79 Å². The molecule has 0 amide bonds. The lowest BCUT2D eigenvalue weighted by Crippen LogP contribution is -1.98. The molecule has 12 heavy (non-hydrogen) atoms. The fourth-order valence-electron chi connectivity index (χ4n) is 1.05. The number of hydrogen-bond acceptors (Lipinski definition) is 2. The van der Waals surface area contributed by atoms with E-state index in [1.165, 1.54) is 6.92 Å². The van der Waals surface area contributed by atoms with Gasteiger partial charge in [0.25, 0.3) is 0 Å². The van der Waals surface area contributed by atoms with Gasteiger partial charge >= 0.3 is 0 Å². The van der Waals surface area contributed by atoms with Crippen LogP contribution in [0.4, 0.5) is 0 Å². The van der Waals surface area contributed by atoms with Crippen molar-refractivity contribution in [1.29, 1.82) is 5.26 Å². The number of nitriles is 1. The summed E-state index contributed by atoms with van der Waals surface area (Å²) < 4.78 is 0. The lowest BCUT2D eigenvalue weighted by atomic mass is 10.0. The molecule has 0 saturated carbocycles. The molecule has 0 aliphatic carbocycles. The van der Waals surface area contributed by atoms with E-state index < -0.39 is 0 Å². The first kappa shape index (κ1) is 8.48. The first-order valence-electron chi connectivity index (χ1n) is 3.71. The highest BCUT2D eigenvalue weighted by Crippen LogP contribution is 2.07. The molecule has 0 aliphatic heterocycles. The number of benzene rings is 1. The van der Waals surface area contributed by atoms with E-state index >= 15 is 0 Å². The molecule has 2 heteroatoms. The van der Waals surface area contributed by atoms with Crippen molar-refractivity contribution >= 4 is 5.78 Å². The molecule has 0 unspecified atom stereocenters. The summed E-state index contributed by atoms with van der Waals surface area (Å²) in [6, 6.07) is 9.20. The molecule has 1 aromatic rings. The second-order valence-electron chi connectivity index (χ2n) is 2.65.